The number of halogens is 2. The number of anilines is 2. The van der Waals surface area contributed by atoms with Crippen molar-refractivity contribution in [2.75, 3.05) is 11.5 Å². The predicted octanol–water partition coefficient (Wildman–Crippen LogP) is 2.28. The standard InChI is InChI=1S/C10H8F2N2/c11-7-3-1-5-6(10(7)14)2-4-8(12)9(5)13/h1-4H,13-14H2. The van der Waals surface area contributed by atoms with Crippen LogP contribution in [0.15, 0.2) is 24.3 Å². The van der Waals surface area contributed by atoms with Crippen LogP contribution in [0.5, 0.6) is 0 Å². The van der Waals surface area contributed by atoms with Crippen molar-refractivity contribution in [1.82, 2.24) is 0 Å². The first-order valence-electron chi connectivity index (χ1n) is 4.03. The largest absolute Gasteiger partial charge is 0.396 e. The van der Waals surface area contributed by atoms with E-state index in [-0.39, 0.29) is 11.4 Å². The highest BCUT2D eigenvalue weighted by Gasteiger charge is 2.08. The third-order valence-electron chi connectivity index (χ3n) is 2.18. The Morgan fingerprint density at radius 2 is 1.07 bits per heavy atom. The van der Waals surface area contributed by atoms with E-state index in [0.29, 0.717) is 10.8 Å². The molecule has 0 amide bonds. The highest BCUT2D eigenvalue weighted by atomic mass is 19.1. The van der Waals surface area contributed by atoms with Crippen LogP contribution in [-0.4, -0.2) is 0 Å². The maximum Gasteiger partial charge on any atom is 0.146 e. The van der Waals surface area contributed by atoms with Crippen LogP contribution in [0.3, 0.4) is 0 Å². The Labute approximate surface area is 79.1 Å². The summed E-state index contributed by atoms with van der Waals surface area (Å²) >= 11 is 0. The van der Waals surface area contributed by atoms with Crippen LogP contribution in [0.4, 0.5) is 20.2 Å². The molecular formula is C10H8F2N2. The van der Waals surface area contributed by atoms with Gasteiger partial charge in [-0.15, -0.1) is 0 Å². The fraction of sp³-hybridized carbons (Fsp3) is 0. The second-order valence-electron chi connectivity index (χ2n) is 3.02. The van der Waals surface area contributed by atoms with E-state index in [1.54, 1.807) is 0 Å². The molecule has 0 aliphatic rings. The molecule has 4 N–H and O–H groups in total. The zero-order valence-corrected chi connectivity index (χ0v) is 7.22. The molecule has 2 rings (SSSR count). The summed E-state index contributed by atoms with van der Waals surface area (Å²) in [6, 6.07) is 5.18. The summed E-state index contributed by atoms with van der Waals surface area (Å²) in [6.07, 6.45) is 0. The van der Waals surface area contributed by atoms with Gasteiger partial charge in [0.1, 0.15) is 11.6 Å². The van der Waals surface area contributed by atoms with E-state index in [1.165, 1.54) is 24.3 Å². The predicted molar refractivity (Wildman–Crippen MR) is 52.7 cm³/mol. The van der Waals surface area contributed by atoms with Crippen LogP contribution in [0, 0.1) is 11.6 Å². The number of benzene rings is 2. The molecule has 72 valence electrons. The van der Waals surface area contributed by atoms with Crippen LogP contribution in [0.25, 0.3) is 10.8 Å². The van der Waals surface area contributed by atoms with Gasteiger partial charge < -0.3 is 11.5 Å². The molecule has 14 heavy (non-hydrogen) atoms. The van der Waals surface area contributed by atoms with Gasteiger partial charge in [0, 0.05) is 10.8 Å². The van der Waals surface area contributed by atoms with E-state index in [9.17, 15) is 8.78 Å². The summed E-state index contributed by atoms with van der Waals surface area (Å²) in [5, 5.41) is 0.868. The number of hydrogen-bond acceptors (Lipinski definition) is 2. The molecule has 0 bridgehead atoms. The number of rotatable bonds is 0. The Morgan fingerprint density at radius 3 is 1.43 bits per heavy atom. The lowest BCUT2D eigenvalue weighted by Crippen LogP contribution is -1.96. The molecule has 0 heterocycles. The van der Waals surface area contributed by atoms with Crippen molar-refractivity contribution in [2.45, 2.75) is 0 Å². The van der Waals surface area contributed by atoms with E-state index < -0.39 is 11.6 Å². The fourth-order valence-electron chi connectivity index (χ4n) is 1.40. The first-order chi connectivity index (χ1) is 6.61. The molecule has 0 aromatic heterocycles. The SMILES string of the molecule is Nc1c(F)ccc2c(N)c(F)ccc12. The van der Waals surface area contributed by atoms with Gasteiger partial charge in [0.2, 0.25) is 0 Å². The third-order valence-corrected chi connectivity index (χ3v) is 2.18. The number of fused-ring (bicyclic) bond motifs is 1. The summed E-state index contributed by atoms with van der Waals surface area (Å²) in [5.41, 5.74) is 11.0. The van der Waals surface area contributed by atoms with Crippen molar-refractivity contribution in [3.05, 3.63) is 35.9 Å². The molecule has 0 aliphatic carbocycles. The maximum absolute atomic E-state index is 13.0. The highest BCUT2D eigenvalue weighted by molar-refractivity contribution is 6.00. The molecule has 0 fully saturated rings. The fourth-order valence-corrected chi connectivity index (χ4v) is 1.40. The molecule has 0 saturated carbocycles. The number of hydrogen-bond donors (Lipinski definition) is 2. The maximum atomic E-state index is 13.0. The number of nitrogen functional groups attached to an aromatic ring is 2. The Bertz CT molecular complexity index is 462. The molecule has 2 aromatic carbocycles. The zero-order valence-electron chi connectivity index (χ0n) is 7.22. The van der Waals surface area contributed by atoms with Gasteiger partial charge in [-0.05, 0) is 24.3 Å². The van der Waals surface area contributed by atoms with Gasteiger partial charge in [-0.1, -0.05) is 0 Å². The lowest BCUT2D eigenvalue weighted by Gasteiger charge is -2.06. The van der Waals surface area contributed by atoms with Crippen molar-refractivity contribution in [3.63, 3.8) is 0 Å². The van der Waals surface area contributed by atoms with Crippen molar-refractivity contribution in [3.8, 4) is 0 Å². The minimum Gasteiger partial charge on any atom is -0.396 e. The van der Waals surface area contributed by atoms with Gasteiger partial charge in [0.25, 0.3) is 0 Å². The molecule has 0 aliphatic heterocycles. The Morgan fingerprint density at radius 1 is 0.714 bits per heavy atom. The van der Waals surface area contributed by atoms with Crippen LogP contribution in [0.1, 0.15) is 0 Å². The minimum atomic E-state index is -0.525. The molecule has 2 aromatic rings. The van der Waals surface area contributed by atoms with E-state index in [4.69, 9.17) is 11.5 Å². The quantitative estimate of drug-likeness (QED) is 0.632. The average molecular weight is 194 g/mol. The Kier molecular flexibility index (Phi) is 1.77. The molecule has 0 unspecified atom stereocenters. The van der Waals surface area contributed by atoms with Crippen molar-refractivity contribution in [1.29, 1.82) is 0 Å². The van der Waals surface area contributed by atoms with Crippen LogP contribution in [-0.2, 0) is 0 Å². The Balaban J connectivity index is 2.94. The molecule has 0 atom stereocenters. The molecule has 2 nitrogen and oxygen atoms in total. The number of nitrogens with two attached hydrogens (primary N) is 2. The van der Waals surface area contributed by atoms with E-state index in [1.807, 2.05) is 0 Å². The first kappa shape index (κ1) is 8.74. The normalized spacial score (nSPS) is 10.7. The lowest BCUT2D eigenvalue weighted by atomic mass is 10.1. The summed E-state index contributed by atoms with van der Waals surface area (Å²) in [7, 11) is 0. The summed E-state index contributed by atoms with van der Waals surface area (Å²) in [6.45, 7) is 0. The Hall–Kier alpha value is -1.84. The molecule has 4 heteroatoms. The summed E-state index contributed by atoms with van der Waals surface area (Å²) in [5.74, 6) is -1.05. The third kappa shape index (κ3) is 1.08. The topological polar surface area (TPSA) is 52.0 Å². The summed E-state index contributed by atoms with van der Waals surface area (Å²) in [4.78, 5) is 0. The molecule has 0 radical (unpaired) electrons. The van der Waals surface area contributed by atoms with Gasteiger partial charge in [-0.25, -0.2) is 8.78 Å². The molecule has 0 saturated heterocycles. The van der Waals surface area contributed by atoms with Crippen LogP contribution >= 0.6 is 0 Å². The van der Waals surface area contributed by atoms with Gasteiger partial charge in [-0.3, -0.25) is 0 Å². The van der Waals surface area contributed by atoms with E-state index >= 15 is 0 Å². The summed E-state index contributed by atoms with van der Waals surface area (Å²) < 4.78 is 26.0. The minimum absolute atomic E-state index is 0.00537. The van der Waals surface area contributed by atoms with Gasteiger partial charge in [0.05, 0.1) is 11.4 Å². The first-order valence-corrected chi connectivity index (χ1v) is 4.03. The van der Waals surface area contributed by atoms with Crippen molar-refractivity contribution >= 4 is 22.1 Å². The van der Waals surface area contributed by atoms with E-state index in [2.05, 4.69) is 0 Å². The van der Waals surface area contributed by atoms with E-state index in [0.717, 1.165) is 0 Å². The molecule has 0 spiro atoms. The second-order valence-corrected chi connectivity index (χ2v) is 3.02. The average Bonchev–Trinajstić information content (AvgIpc) is 2.17. The van der Waals surface area contributed by atoms with Gasteiger partial charge in [0.15, 0.2) is 0 Å². The monoisotopic (exact) mass is 194 g/mol. The smallest absolute Gasteiger partial charge is 0.146 e. The van der Waals surface area contributed by atoms with Gasteiger partial charge in [-0.2, -0.15) is 0 Å². The van der Waals surface area contributed by atoms with Crippen molar-refractivity contribution in [2.24, 2.45) is 0 Å². The van der Waals surface area contributed by atoms with Crippen molar-refractivity contribution < 1.29 is 8.78 Å². The lowest BCUT2D eigenvalue weighted by molar-refractivity contribution is 0.631. The zero-order chi connectivity index (χ0) is 10.3. The van der Waals surface area contributed by atoms with Crippen LogP contribution < -0.4 is 11.5 Å². The van der Waals surface area contributed by atoms with Crippen LogP contribution in [0.2, 0.25) is 0 Å². The molecular weight excluding hydrogens is 186 g/mol. The van der Waals surface area contributed by atoms with Gasteiger partial charge >= 0.3 is 0 Å². The second kappa shape index (κ2) is 2.83. The highest BCUT2D eigenvalue weighted by Crippen LogP contribution is 2.29.